The Morgan fingerprint density at radius 2 is 2.19 bits per heavy atom. The second kappa shape index (κ2) is 5.21. The number of hydrogen-bond acceptors (Lipinski definition) is 5. The second-order valence-corrected chi connectivity index (χ2v) is 5.49. The maximum Gasteiger partial charge on any atom is 0.388 e. The number of thiophene rings is 1. The van der Waals surface area contributed by atoms with E-state index in [1.165, 1.54) is 23.6 Å². The smallest absolute Gasteiger partial charge is 0.388 e. The predicted octanol–water partition coefficient (Wildman–Crippen LogP) is 2.96. The van der Waals surface area contributed by atoms with Gasteiger partial charge in [-0.05, 0) is 19.1 Å². The molecular weight excluding hydrogens is 300 g/mol. The van der Waals surface area contributed by atoms with Crippen LogP contribution in [0.3, 0.4) is 0 Å². The molecule has 108 valence electrons. The van der Waals surface area contributed by atoms with Crippen molar-refractivity contribution in [2.24, 2.45) is 0 Å². The van der Waals surface area contributed by atoms with Crippen LogP contribution < -0.4 is 10.3 Å². The van der Waals surface area contributed by atoms with Gasteiger partial charge in [0.1, 0.15) is 10.7 Å². The minimum absolute atomic E-state index is 0.229. The Balaban J connectivity index is 2.09. The van der Waals surface area contributed by atoms with Crippen molar-refractivity contribution in [3.63, 3.8) is 0 Å². The molecule has 3 aromatic rings. The third-order valence-electron chi connectivity index (χ3n) is 2.74. The molecule has 0 aliphatic heterocycles. The van der Waals surface area contributed by atoms with Gasteiger partial charge in [-0.3, -0.25) is 4.79 Å². The van der Waals surface area contributed by atoms with Crippen LogP contribution in [0, 0.1) is 6.92 Å². The summed E-state index contributed by atoms with van der Waals surface area (Å²) in [4.78, 5) is 24.2. The highest BCUT2D eigenvalue weighted by Gasteiger charge is 2.11. The van der Waals surface area contributed by atoms with Gasteiger partial charge >= 0.3 is 6.61 Å². The number of aryl methyl sites for hydroxylation is 1. The van der Waals surface area contributed by atoms with Gasteiger partial charge in [-0.15, -0.1) is 11.3 Å². The Kier molecular flexibility index (Phi) is 3.38. The highest BCUT2D eigenvalue weighted by Crippen LogP contribution is 2.24. The van der Waals surface area contributed by atoms with Crippen molar-refractivity contribution in [2.75, 3.05) is 0 Å². The summed E-state index contributed by atoms with van der Waals surface area (Å²) in [7, 11) is 0. The standard InChI is InChI=1S/C13H9F2N3O2S/c1-6-4-8-11(19)17-10(18-12(8)21-6)7-2-3-16-9(5-7)20-13(14)15/h2-5,13H,1H3,(H,17,18,19). The number of hydrogen-bond donors (Lipinski definition) is 1. The van der Waals surface area contributed by atoms with Crippen molar-refractivity contribution >= 4 is 21.6 Å². The zero-order chi connectivity index (χ0) is 15.0. The SMILES string of the molecule is Cc1cc2c(=O)[nH]c(-c3ccnc(OC(F)F)c3)nc2s1. The van der Waals surface area contributed by atoms with Gasteiger partial charge in [-0.25, -0.2) is 9.97 Å². The average Bonchev–Trinajstić information content (AvgIpc) is 2.79. The van der Waals surface area contributed by atoms with Gasteiger partial charge in [0.15, 0.2) is 0 Å². The molecule has 1 N–H and O–H groups in total. The third-order valence-corrected chi connectivity index (χ3v) is 3.69. The van der Waals surface area contributed by atoms with E-state index in [1.54, 1.807) is 12.1 Å². The van der Waals surface area contributed by atoms with Crippen molar-refractivity contribution in [3.8, 4) is 17.3 Å². The number of halogens is 2. The summed E-state index contributed by atoms with van der Waals surface area (Å²) in [6.45, 7) is -1.07. The molecule has 3 aromatic heterocycles. The lowest BCUT2D eigenvalue weighted by Crippen LogP contribution is -2.08. The molecule has 0 radical (unpaired) electrons. The molecule has 0 aromatic carbocycles. The molecule has 0 aliphatic carbocycles. The number of H-pyrrole nitrogens is 1. The van der Waals surface area contributed by atoms with Crippen LogP contribution in [0.4, 0.5) is 8.78 Å². The molecular formula is C13H9F2N3O2S. The summed E-state index contributed by atoms with van der Waals surface area (Å²) in [6.07, 6.45) is 1.32. The van der Waals surface area contributed by atoms with Crippen molar-refractivity contribution in [2.45, 2.75) is 13.5 Å². The zero-order valence-corrected chi connectivity index (χ0v) is 11.6. The summed E-state index contributed by atoms with van der Waals surface area (Å²) in [6, 6.07) is 4.62. The minimum Gasteiger partial charge on any atom is -0.417 e. The topological polar surface area (TPSA) is 67.9 Å². The molecule has 0 aliphatic rings. The van der Waals surface area contributed by atoms with Crippen molar-refractivity contribution in [1.82, 2.24) is 15.0 Å². The first kappa shape index (κ1) is 13.6. The summed E-state index contributed by atoms with van der Waals surface area (Å²) in [5.74, 6) is 0.0588. The van der Waals surface area contributed by atoms with Crippen LogP contribution in [0.5, 0.6) is 5.88 Å². The molecule has 8 heteroatoms. The number of ether oxygens (including phenoxy) is 1. The average molecular weight is 309 g/mol. The normalized spacial score (nSPS) is 11.2. The first-order valence-corrected chi connectivity index (χ1v) is 6.76. The molecule has 21 heavy (non-hydrogen) atoms. The summed E-state index contributed by atoms with van der Waals surface area (Å²) in [5, 5.41) is 0.513. The van der Waals surface area contributed by atoms with Crippen LogP contribution in [0.15, 0.2) is 29.2 Å². The van der Waals surface area contributed by atoms with Crippen molar-refractivity contribution in [1.29, 1.82) is 0 Å². The number of pyridine rings is 1. The molecule has 0 bridgehead atoms. The van der Waals surface area contributed by atoms with Crippen molar-refractivity contribution < 1.29 is 13.5 Å². The summed E-state index contributed by atoms with van der Waals surface area (Å²) in [5.41, 5.74) is 0.179. The van der Waals surface area contributed by atoms with Gasteiger partial charge < -0.3 is 9.72 Å². The Hall–Kier alpha value is -2.35. The highest BCUT2D eigenvalue weighted by atomic mass is 32.1. The number of aromatic nitrogens is 3. The lowest BCUT2D eigenvalue weighted by Gasteiger charge is -2.05. The van der Waals surface area contributed by atoms with Crippen LogP contribution in [-0.2, 0) is 0 Å². The highest BCUT2D eigenvalue weighted by molar-refractivity contribution is 7.18. The van der Waals surface area contributed by atoms with E-state index in [9.17, 15) is 13.6 Å². The molecule has 3 heterocycles. The third kappa shape index (κ3) is 2.75. The number of nitrogens with zero attached hydrogens (tertiary/aromatic N) is 2. The molecule has 0 atom stereocenters. The van der Waals surface area contributed by atoms with E-state index in [0.29, 0.717) is 15.8 Å². The van der Waals surface area contributed by atoms with E-state index < -0.39 is 6.61 Å². The number of fused-ring (bicyclic) bond motifs is 1. The lowest BCUT2D eigenvalue weighted by atomic mass is 10.2. The maximum atomic E-state index is 12.2. The van der Waals surface area contributed by atoms with Crippen LogP contribution in [-0.4, -0.2) is 21.6 Å². The van der Waals surface area contributed by atoms with Crippen molar-refractivity contribution in [3.05, 3.63) is 39.6 Å². The van der Waals surface area contributed by atoms with Crippen LogP contribution in [0.2, 0.25) is 0 Å². The molecule has 0 unspecified atom stereocenters. The molecule has 3 rings (SSSR count). The van der Waals surface area contributed by atoms with Gasteiger partial charge in [-0.2, -0.15) is 8.78 Å². The number of nitrogens with one attached hydrogen (secondary N) is 1. The largest absolute Gasteiger partial charge is 0.417 e. The molecule has 5 nitrogen and oxygen atoms in total. The molecule has 0 fully saturated rings. The summed E-state index contributed by atoms with van der Waals surface area (Å²) < 4.78 is 28.6. The van der Waals surface area contributed by atoms with Crippen LogP contribution >= 0.6 is 11.3 Å². The molecule has 0 spiro atoms. The number of rotatable bonds is 3. The number of aromatic amines is 1. The van der Waals surface area contributed by atoms with E-state index in [1.807, 2.05) is 6.92 Å². The van der Waals surface area contributed by atoms with E-state index >= 15 is 0 Å². The Morgan fingerprint density at radius 3 is 2.95 bits per heavy atom. The Bertz CT molecular complexity index is 860. The minimum atomic E-state index is -2.96. The zero-order valence-electron chi connectivity index (χ0n) is 10.8. The first-order valence-electron chi connectivity index (χ1n) is 5.94. The Labute approximate surface area is 121 Å². The molecule has 0 saturated carbocycles. The monoisotopic (exact) mass is 309 g/mol. The quantitative estimate of drug-likeness (QED) is 0.807. The molecule has 0 saturated heterocycles. The fourth-order valence-corrected chi connectivity index (χ4v) is 2.78. The Morgan fingerprint density at radius 1 is 1.38 bits per heavy atom. The van der Waals surface area contributed by atoms with E-state index in [0.717, 1.165) is 4.88 Å². The van der Waals surface area contributed by atoms with Gasteiger partial charge in [0.25, 0.3) is 5.56 Å². The first-order chi connectivity index (χ1) is 10.0. The number of alkyl halides is 2. The van der Waals surface area contributed by atoms with E-state index in [2.05, 4.69) is 19.7 Å². The van der Waals surface area contributed by atoms with Crippen LogP contribution in [0.25, 0.3) is 21.6 Å². The van der Waals surface area contributed by atoms with Gasteiger partial charge in [0.2, 0.25) is 5.88 Å². The fraction of sp³-hybridized carbons (Fsp3) is 0.154. The summed E-state index contributed by atoms with van der Waals surface area (Å²) >= 11 is 1.39. The van der Waals surface area contributed by atoms with E-state index in [-0.39, 0.29) is 17.3 Å². The maximum absolute atomic E-state index is 12.2. The van der Waals surface area contributed by atoms with Gasteiger partial charge in [0.05, 0.1) is 5.39 Å². The predicted molar refractivity (Wildman–Crippen MR) is 74.8 cm³/mol. The van der Waals surface area contributed by atoms with Gasteiger partial charge in [0, 0.05) is 22.7 Å². The lowest BCUT2D eigenvalue weighted by molar-refractivity contribution is -0.0528. The van der Waals surface area contributed by atoms with Crippen LogP contribution in [0.1, 0.15) is 4.88 Å². The van der Waals surface area contributed by atoms with Gasteiger partial charge in [-0.1, -0.05) is 0 Å². The second-order valence-electron chi connectivity index (χ2n) is 4.25. The fourth-order valence-electron chi connectivity index (χ4n) is 1.90. The van der Waals surface area contributed by atoms with E-state index in [4.69, 9.17) is 0 Å². The molecule has 0 amide bonds.